The molecule has 0 spiro atoms. The third kappa shape index (κ3) is 8.54. The Kier molecular flexibility index (Phi) is 9.48. The van der Waals surface area contributed by atoms with Gasteiger partial charge in [0.05, 0.1) is 6.61 Å². The Hall–Kier alpha value is -1.54. The minimum Gasteiger partial charge on any atom is -0.463 e. The quantitative estimate of drug-likeness (QED) is 0.505. The summed E-state index contributed by atoms with van der Waals surface area (Å²) < 4.78 is 9.97. The van der Waals surface area contributed by atoms with Gasteiger partial charge in [0.25, 0.3) is 0 Å². The van der Waals surface area contributed by atoms with Gasteiger partial charge in [-0.05, 0) is 44.3 Å². The predicted molar refractivity (Wildman–Crippen MR) is 78.1 cm³/mol. The van der Waals surface area contributed by atoms with E-state index in [0.717, 1.165) is 5.57 Å². The summed E-state index contributed by atoms with van der Waals surface area (Å²) in [6, 6.07) is 0. The lowest BCUT2D eigenvalue weighted by Gasteiger charge is -2.14. The van der Waals surface area contributed by atoms with Gasteiger partial charge in [-0.2, -0.15) is 0 Å². The third-order valence-electron chi connectivity index (χ3n) is 2.56. The van der Waals surface area contributed by atoms with Gasteiger partial charge in [0.2, 0.25) is 0 Å². The number of esters is 2. The molecule has 0 aliphatic rings. The van der Waals surface area contributed by atoms with E-state index in [0.29, 0.717) is 18.8 Å². The summed E-state index contributed by atoms with van der Waals surface area (Å²) >= 11 is 0. The fraction of sp³-hybridized carbons (Fsp3) is 0.688. The highest BCUT2D eigenvalue weighted by atomic mass is 16.6. The summed E-state index contributed by atoms with van der Waals surface area (Å²) in [4.78, 5) is 23.2. The first-order chi connectivity index (χ1) is 9.40. The van der Waals surface area contributed by atoms with E-state index >= 15 is 0 Å². The topological polar surface area (TPSA) is 52.6 Å². The lowest BCUT2D eigenvalue weighted by molar-refractivity contribution is -0.167. The van der Waals surface area contributed by atoms with Gasteiger partial charge in [0.1, 0.15) is 0 Å². The van der Waals surface area contributed by atoms with Crippen LogP contribution in [0.3, 0.4) is 0 Å². The maximum Gasteiger partial charge on any atom is 0.347 e. The molecule has 0 bridgehead atoms. The number of carbonyl (C=O) groups is 2. The molecule has 1 atom stereocenters. The fourth-order valence-corrected chi connectivity index (χ4v) is 1.42. The molecule has 0 heterocycles. The molecule has 0 aromatic rings. The van der Waals surface area contributed by atoms with Crippen molar-refractivity contribution in [3.05, 3.63) is 17.4 Å². The maximum absolute atomic E-state index is 11.7. The molecule has 1 unspecified atom stereocenters. The van der Waals surface area contributed by atoms with Crippen molar-refractivity contribution in [2.45, 2.75) is 60.0 Å². The van der Waals surface area contributed by atoms with E-state index < -0.39 is 12.1 Å². The van der Waals surface area contributed by atoms with Crippen LogP contribution in [-0.4, -0.2) is 24.6 Å². The van der Waals surface area contributed by atoms with E-state index in [1.165, 1.54) is 0 Å². The molecule has 4 heteroatoms. The second kappa shape index (κ2) is 10.3. The Morgan fingerprint density at radius 2 is 1.85 bits per heavy atom. The number of rotatable bonds is 8. The fourth-order valence-electron chi connectivity index (χ4n) is 1.42. The van der Waals surface area contributed by atoms with Crippen molar-refractivity contribution >= 4 is 11.9 Å². The van der Waals surface area contributed by atoms with Crippen LogP contribution in [0.4, 0.5) is 0 Å². The summed E-state index contributed by atoms with van der Waals surface area (Å²) in [5, 5.41) is 0. The summed E-state index contributed by atoms with van der Waals surface area (Å²) in [5.74, 6) is -0.420. The van der Waals surface area contributed by atoms with Crippen molar-refractivity contribution in [2.75, 3.05) is 6.61 Å². The maximum atomic E-state index is 11.7. The van der Waals surface area contributed by atoms with Crippen molar-refractivity contribution in [1.29, 1.82) is 0 Å². The van der Waals surface area contributed by atoms with Crippen LogP contribution < -0.4 is 0 Å². The molecule has 0 aromatic carbocycles. The van der Waals surface area contributed by atoms with Crippen LogP contribution in [0.15, 0.2) is 17.4 Å². The minimum absolute atomic E-state index is 0.251. The standard InChI is InChI=1S/C16H26O4/c1-6-14(16(18)19-7-2)20-15(17)11-10-13(5)9-8-12(3)4/h8,12,14H,6-7,10-11H2,1-5H3. The van der Waals surface area contributed by atoms with Gasteiger partial charge >= 0.3 is 11.9 Å². The molecule has 0 aliphatic carbocycles. The molecule has 0 saturated heterocycles. The summed E-state index contributed by atoms with van der Waals surface area (Å²) in [6.45, 7) is 9.86. The number of allylic oxidation sites excluding steroid dienone is 1. The molecule has 0 aromatic heterocycles. The first kappa shape index (κ1) is 18.5. The van der Waals surface area contributed by atoms with Crippen molar-refractivity contribution in [3.63, 3.8) is 0 Å². The Bertz CT molecular complexity index is 376. The molecule has 0 N–H and O–H groups in total. The highest BCUT2D eigenvalue weighted by Crippen LogP contribution is 2.08. The number of hydrogen-bond donors (Lipinski definition) is 0. The minimum atomic E-state index is -0.794. The molecule has 0 aliphatic heterocycles. The van der Waals surface area contributed by atoms with E-state index in [9.17, 15) is 9.59 Å². The molecular weight excluding hydrogens is 256 g/mol. The van der Waals surface area contributed by atoms with Crippen LogP contribution in [0.1, 0.15) is 53.9 Å². The van der Waals surface area contributed by atoms with E-state index in [1.54, 1.807) is 13.8 Å². The Balaban J connectivity index is 4.28. The zero-order chi connectivity index (χ0) is 15.5. The first-order valence-electron chi connectivity index (χ1n) is 7.19. The number of carbonyl (C=O) groups excluding carboxylic acids is 2. The van der Waals surface area contributed by atoms with Crippen molar-refractivity contribution in [3.8, 4) is 0 Å². The zero-order valence-corrected chi connectivity index (χ0v) is 13.2. The number of ether oxygens (including phenoxy) is 2. The summed E-state index contributed by atoms with van der Waals surface area (Å²) in [6.07, 6.45) is 2.43. The molecule has 20 heavy (non-hydrogen) atoms. The van der Waals surface area contributed by atoms with Gasteiger partial charge in [0.15, 0.2) is 6.10 Å². The summed E-state index contributed by atoms with van der Waals surface area (Å²) in [5.41, 5.74) is 4.14. The Labute approximate surface area is 121 Å². The molecule has 4 nitrogen and oxygen atoms in total. The first-order valence-corrected chi connectivity index (χ1v) is 7.19. The van der Waals surface area contributed by atoms with Gasteiger partial charge in [0, 0.05) is 6.42 Å². The Morgan fingerprint density at radius 1 is 1.20 bits per heavy atom. The van der Waals surface area contributed by atoms with Crippen LogP contribution in [0.5, 0.6) is 0 Å². The lowest BCUT2D eigenvalue weighted by atomic mass is 10.1. The van der Waals surface area contributed by atoms with Crippen LogP contribution in [0.2, 0.25) is 0 Å². The van der Waals surface area contributed by atoms with Crippen LogP contribution >= 0.6 is 0 Å². The molecule has 0 saturated carbocycles. The largest absolute Gasteiger partial charge is 0.463 e. The van der Waals surface area contributed by atoms with Crippen LogP contribution in [0.25, 0.3) is 0 Å². The highest BCUT2D eigenvalue weighted by Gasteiger charge is 2.21. The molecule has 0 rings (SSSR count). The lowest BCUT2D eigenvalue weighted by Crippen LogP contribution is -2.28. The van der Waals surface area contributed by atoms with Crippen LogP contribution in [0, 0.1) is 5.92 Å². The van der Waals surface area contributed by atoms with Gasteiger partial charge < -0.3 is 9.47 Å². The average Bonchev–Trinajstić information content (AvgIpc) is 2.40. The third-order valence-corrected chi connectivity index (χ3v) is 2.56. The Morgan fingerprint density at radius 3 is 2.35 bits per heavy atom. The second-order valence-electron chi connectivity index (χ2n) is 4.97. The van der Waals surface area contributed by atoms with Crippen molar-refractivity contribution < 1.29 is 19.1 Å². The zero-order valence-electron chi connectivity index (χ0n) is 13.2. The van der Waals surface area contributed by atoms with Gasteiger partial charge in [-0.25, -0.2) is 4.79 Å². The monoisotopic (exact) mass is 282 g/mol. The highest BCUT2D eigenvalue weighted by molar-refractivity contribution is 5.79. The molecule has 0 fully saturated rings. The van der Waals surface area contributed by atoms with E-state index in [4.69, 9.17) is 9.47 Å². The summed E-state index contributed by atoms with van der Waals surface area (Å²) in [7, 11) is 0. The molecule has 114 valence electrons. The number of hydrogen-bond acceptors (Lipinski definition) is 4. The SMILES string of the molecule is CCOC(=O)C(CC)OC(=O)CCC(C)=C=CC(C)C. The van der Waals surface area contributed by atoms with Crippen LogP contribution in [-0.2, 0) is 19.1 Å². The van der Waals surface area contributed by atoms with Crippen molar-refractivity contribution in [1.82, 2.24) is 0 Å². The van der Waals surface area contributed by atoms with E-state index in [1.807, 2.05) is 13.0 Å². The predicted octanol–water partition coefficient (Wildman–Crippen LogP) is 3.41. The normalized spacial score (nSPS) is 11.5. The average molecular weight is 282 g/mol. The second-order valence-corrected chi connectivity index (χ2v) is 4.97. The van der Waals surface area contributed by atoms with E-state index in [2.05, 4.69) is 19.6 Å². The molecule has 0 amide bonds. The smallest absolute Gasteiger partial charge is 0.347 e. The molecule has 0 radical (unpaired) electrons. The van der Waals surface area contributed by atoms with Gasteiger partial charge in [-0.3, -0.25) is 4.79 Å². The van der Waals surface area contributed by atoms with Crippen molar-refractivity contribution in [2.24, 2.45) is 5.92 Å². The van der Waals surface area contributed by atoms with Gasteiger partial charge in [-0.15, -0.1) is 5.73 Å². The van der Waals surface area contributed by atoms with Gasteiger partial charge in [-0.1, -0.05) is 20.8 Å². The molecular formula is C16H26O4. The van der Waals surface area contributed by atoms with E-state index in [-0.39, 0.29) is 19.0 Å².